The molecule has 0 amide bonds. The first-order valence-corrected chi connectivity index (χ1v) is 8.89. The molecule has 1 unspecified atom stereocenters. The second-order valence-corrected chi connectivity index (χ2v) is 6.92. The normalized spacial score (nSPS) is 18.5. The van der Waals surface area contributed by atoms with E-state index in [1.54, 1.807) is 0 Å². The van der Waals surface area contributed by atoms with Gasteiger partial charge in [0.2, 0.25) is 0 Å². The molecule has 2 aromatic carbocycles. The molecular formula is C21H24N2O. The van der Waals surface area contributed by atoms with Gasteiger partial charge in [-0.1, -0.05) is 42.5 Å². The van der Waals surface area contributed by atoms with Crippen molar-refractivity contribution in [1.82, 2.24) is 4.90 Å². The van der Waals surface area contributed by atoms with Crippen LogP contribution in [-0.4, -0.2) is 34.9 Å². The third kappa shape index (κ3) is 3.42. The van der Waals surface area contributed by atoms with E-state index in [-0.39, 0.29) is 6.10 Å². The summed E-state index contributed by atoms with van der Waals surface area (Å²) in [6.45, 7) is 2.71. The zero-order valence-corrected chi connectivity index (χ0v) is 14.0. The van der Waals surface area contributed by atoms with Crippen molar-refractivity contribution >= 4 is 11.4 Å². The van der Waals surface area contributed by atoms with Gasteiger partial charge >= 0.3 is 0 Å². The second-order valence-electron chi connectivity index (χ2n) is 6.92. The first kappa shape index (κ1) is 15.6. The van der Waals surface area contributed by atoms with Crippen molar-refractivity contribution in [2.75, 3.05) is 13.1 Å². The van der Waals surface area contributed by atoms with E-state index in [0.717, 1.165) is 50.3 Å². The van der Waals surface area contributed by atoms with Crippen molar-refractivity contribution in [3.05, 3.63) is 65.2 Å². The van der Waals surface area contributed by atoms with E-state index in [1.165, 1.54) is 16.7 Å². The molecule has 4 rings (SSSR count). The van der Waals surface area contributed by atoms with E-state index in [4.69, 9.17) is 4.99 Å². The van der Waals surface area contributed by atoms with Gasteiger partial charge in [0.25, 0.3) is 0 Å². The average Bonchev–Trinajstić information content (AvgIpc) is 2.61. The molecule has 0 fully saturated rings. The number of aliphatic hydroxyl groups excluding tert-OH is 1. The molecule has 0 spiro atoms. The standard InChI is InChI=1S/C21H24N2O/c24-20(13-19-10-9-17-6-3-4-8-21(17)22-19)15-23-12-11-16-5-1-2-7-18(16)14-23/h1-8,20,24H,9-15H2. The van der Waals surface area contributed by atoms with Crippen LogP contribution < -0.4 is 0 Å². The maximum atomic E-state index is 10.5. The Labute approximate surface area is 143 Å². The Hall–Kier alpha value is -1.97. The lowest BCUT2D eigenvalue weighted by atomic mass is 9.97. The largest absolute Gasteiger partial charge is 0.391 e. The molecule has 2 aromatic rings. The number of para-hydroxylation sites is 1. The van der Waals surface area contributed by atoms with Gasteiger partial charge in [0.05, 0.1) is 11.8 Å². The monoisotopic (exact) mass is 320 g/mol. The van der Waals surface area contributed by atoms with Crippen molar-refractivity contribution in [2.45, 2.75) is 38.3 Å². The zero-order chi connectivity index (χ0) is 16.4. The van der Waals surface area contributed by atoms with E-state index in [2.05, 4.69) is 47.4 Å². The molecule has 124 valence electrons. The maximum Gasteiger partial charge on any atom is 0.0719 e. The maximum absolute atomic E-state index is 10.5. The average molecular weight is 320 g/mol. The summed E-state index contributed by atoms with van der Waals surface area (Å²) < 4.78 is 0. The van der Waals surface area contributed by atoms with E-state index in [9.17, 15) is 5.11 Å². The molecular weight excluding hydrogens is 296 g/mol. The molecule has 0 saturated carbocycles. The van der Waals surface area contributed by atoms with Gasteiger partial charge in [-0.3, -0.25) is 9.89 Å². The van der Waals surface area contributed by atoms with Crippen molar-refractivity contribution in [1.29, 1.82) is 0 Å². The summed E-state index contributed by atoms with van der Waals surface area (Å²) in [5.41, 5.74) is 6.40. The number of β-amino-alcohol motifs (C(OH)–C–C–N with tert-alkyl or cyclic N) is 1. The van der Waals surface area contributed by atoms with E-state index < -0.39 is 0 Å². The van der Waals surface area contributed by atoms with Crippen LogP contribution in [0.15, 0.2) is 53.5 Å². The van der Waals surface area contributed by atoms with Gasteiger partial charge < -0.3 is 5.11 Å². The molecule has 2 aliphatic heterocycles. The molecule has 0 aliphatic carbocycles. The Bertz CT molecular complexity index is 753. The van der Waals surface area contributed by atoms with Crippen LogP contribution in [0.3, 0.4) is 0 Å². The van der Waals surface area contributed by atoms with E-state index in [0.29, 0.717) is 6.42 Å². The Morgan fingerprint density at radius 3 is 2.54 bits per heavy atom. The molecule has 0 saturated heterocycles. The van der Waals surface area contributed by atoms with Crippen LogP contribution in [0.4, 0.5) is 5.69 Å². The van der Waals surface area contributed by atoms with Crippen molar-refractivity contribution in [3.8, 4) is 0 Å². The van der Waals surface area contributed by atoms with Crippen molar-refractivity contribution < 1.29 is 5.11 Å². The van der Waals surface area contributed by atoms with Gasteiger partial charge in [-0.25, -0.2) is 0 Å². The predicted octanol–water partition coefficient (Wildman–Crippen LogP) is 3.51. The summed E-state index contributed by atoms with van der Waals surface area (Å²) >= 11 is 0. The topological polar surface area (TPSA) is 35.8 Å². The Morgan fingerprint density at radius 1 is 0.917 bits per heavy atom. The minimum Gasteiger partial charge on any atom is -0.391 e. The number of aliphatic imine (C=N–C) groups is 1. The Kier molecular flexibility index (Phi) is 4.46. The van der Waals surface area contributed by atoms with Crippen LogP contribution >= 0.6 is 0 Å². The highest BCUT2D eigenvalue weighted by Gasteiger charge is 2.20. The fraction of sp³-hybridized carbons (Fsp3) is 0.381. The number of aliphatic hydroxyl groups is 1. The fourth-order valence-electron chi connectivity index (χ4n) is 3.83. The highest BCUT2D eigenvalue weighted by Crippen LogP contribution is 2.26. The molecule has 1 N–H and O–H groups in total. The van der Waals surface area contributed by atoms with Gasteiger partial charge in [-0.15, -0.1) is 0 Å². The first-order chi connectivity index (χ1) is 11.8. The first-order valence-electron chi connectivity index (χ1n) is 8.89. The molecule has 0 radical (unpaired) electrons. The number of fused-ring (bicyclic) bond motifs is 2. The molecule has 1 atom stereocenters. The Morgan fingerprint density at radius 2 is 1.67 bits per heavy atom. The molecule has 24 heavy (non-hydrogen) atoms. The minimum absolute atomic E-state index is 0.334. The van der Waals surface area contributed by atoms with Gasteiger partial charge in [-0.05, 0) is 42.0 Å². The number of hydrogen-bond acceptors (Lipinski definition) is 3. The molecule has 2 aliphatic rings. The number of rotatable bonds is 4. The number of hydrogen-bond donors (Lipinski definition) is 1. The second kappa shape index (κ2) is 6.88. The third-order valence-corrected chi connectivity index (χ3v) is 5.10. The summed E-state index contributed by atoms with van der Waals surface area (Å²) in [4.78, 5) is 7.12. The van der Waals surface area contributed by atoms with Crippen molar-refractivity contribution in [3.63, 3.8) is 0 Å². The van der Waals surface area contributed by atoms with Crippen LogP contribution in [0.25, 0.3) is 0 Å². The number of aryl methyl sites for hydroxylation is 1. The summed E-state index contributed by atoms with van der Waals surface area (Å²) in [7, 11) is 0. The zero-order valence-electron chi connectivity index (χ0n) is 14.0. The van der Waals surface area contributed by atoms with Crippen LogP contribution in [-0.2, 0) is 19.4 Å². The molecule has 3 heteroatoms. The highest BCUT2D eigenvalue weighted by molar-refractivity contribution is 5.89. The molecule has 0 bridgehead atoms. The fourth-order valence-corrected chi connectivity index (χ4v) is 3.83. The van der Waals surface area contributed by atoms with Crippen LogP contribution in [0.5, 0.6) is 0 Å². The van der Waals surface area contributed by atoms with Crippen LogP contribution in [0.2, 0.25) is 0 Å². The van der Waals surface area contributed by atoms with E-state index in [1.807, 2.05) is 6.07 Å². The van der Waals surface area contributed by atoms with Gasteiger partial charge in [0.1, 0.15) is 0 Å². The van der Waals surface area contributed by atoms with E-state index >= 15 is 0 Å². The summed E-state index contributed by atoms with van der Waals surface area (Å²) in [6.07, 6.45) is 3.44. The highest BCUT2D eigenvalue weighted by atomic mass is 16.3. The Balaban J connectivity index is 1.36. The number of benzene rings is 2. The summed E-state index contributed by atoms with van der Waals surface area (Å²) in [5.74, 6) is 0. The smallest absolute Gasteiger partial charge is 0.0719 e. The van der Waals surface area contributed by atoms with Crippen LogP contribution in [0.1, 0.15) is 29.5 Å². The minimum atomic E-state index is -0.334. The molecule has 0 aromatic heterocycles. The summed E-state index contributed by atoms with van der Waals surface area (Å²) in [5, 5.41) is 10.5. The third-order valence-electron chi connectivity index (χ3n) is 5.10. The lowest BCUT2D eigenvalue weighted by molar-refractivity contribution is 0.110. The van der Waals surface area contributed by atoms with Crippen LogP contribution in [0, 0.1) is 0 Å². The number of nitrogens with zero attached hydrogens (tertiary/aromatic N) is 2. The SMILES string of the molecule is OC(CC1=Nc2ccccc2CC1)CN1CCc2ccccc2C1. The van der Waals surface area contributed by atoms with Gasteiger partial charge in [0, 0.05) is 31.8 Å². The quantitative estimate of drug-likeness (QED) is 0.936. The van der Waals surface area contributed by atoms with Gasteiger partial charge in [-0.2, -0.15) is 0 Å². The lowest BCUT2D eigenvalue weighted by Gasteiger charge is -2.30. The molecule has 2 heterocycles. The predicted molar refractivity (Wildman–Crippen MR) is 97.9 cm³/mol. The summed E-state index contributed by atoms with van der Waals surface area (Å²) in [6, 6.07) is 17.0. The molecule has 3 nitrogen and oxygen atoms in total. The van der Waals surface area contributed by atoms with Gasteiger partial charge in [0.15, 0.2) is 0 Å². The van der Waals surface area contributed by atoms with Crippen molar-refractivity contribution in [2.24, 2.45) is 4.99 Å². The lowest BCUT2D eigenvalue weighted by Crippen LogP contribution is -2.37.